The number of carbonyl (C=O) groups is 1. The number of urea groups is 1. The fourth-order valence-electron chi connectivity index (χ4n) is 2.96. The second-order valence-electron chi connectivity index (χ2n) is 6.76. The maximum absolute atomic E-state index is 13.6. The minimum atomic E-state index is -4.62. The van der Waals surface area contributed by atoms with Crippen molar-refractivity contribution in [3.05, 3.63) is 90.5 Å². The predicted molar refractivity (Wildman–Crippen MR) is 112 cm³/mol. The largest absolute Gasteiger partial charge is 0.433 e. The standard InChI is InChI=1S/C22H17F3N6O/c23-22(24,25)19-11-18(16-7-4-10-26-13-16)30-31(19)17-8-9-20(27-14-17)29-21(32)28-12-15-5-2-1-3-6-15/h1-11,13-14H,12H2,(H2,27,28,29,32). The Labute approximate surface area is 181 Å². The number of halogens is 3. The molecule has 2 amide bonds. The lowest BCUT2D eigenvalue weighted by Crippen LogP contribution is -2.28. The second kappa shape index (κ2) is 8.88. The van der Waals surface area contributed by atoms with Gasteiger partial charge in [0.15, 0.2) is 0 Å². The highest BCUT2D eigenvalue weighted by molar-refractivity contribution is 5.88. The molecule has 4 aromatic rings. The maximum atomic E-state index is 13.6. The molecule has 0 spiro atoms. The summed E-state index contributed by atoms with van der Waals surface area (Å²) < 4.78 is 41.5. The molecule has 0 bridgehead atoms. The number of carbonyl (C=O) groups excluding carboxylic acids is 1. The molecule has 0 radical (unpaired) electrons. The third-order valence-electron chi connectivity index (χ3n) is 4.49. The molecular formula is C22H17F3N6O. The number of anilines is 1. The Hall–Kier alpha value is -4.21. The van der Waals surface area contributed by atoms with Crippen LogP contribution in [0.3, 0.4) is 0 Å². The molecule has 0 unspecified atom stereocenters. The molecule has 3 heterocycles. The number of nitrogens with one attached hydrogen (secondary N) is 2. The number of aromatic nitrogens is 4. The molecule has 10 heteroatoms. The highest BCUT2D eigenvalue weighted by Crippen LogP contribution is 2.33. The Morgan fingerprint density at radius 2 is 1.81 bits per heavy atom. The zero-order valence-electron chi connectivity index (χ0n) is 16.5. The van der Waals surface area contributed by atoms with Gasteiger partial charge in [-0.3, -0.25) is 10.3 Å². The molecule has 0 saturated carbocycles. The first-order chi connectivity index (χ1) is 15.4. The number of alkyl halides is 3. The lowest BCUT2D eigenvalue weighted by atomic mass is 10.2. The minimum absolute atomic E-state index is 0.0997. The molecule has 4 rings (SSSR count). The number of pyridine rings is 2. The van der Waals surface area contributed by atoms with Crippen LogP contribution in [-0.4, -0.2) is 25.8 Å². The van der Waals surface area contributed by atoms with E-state index < -0.39 is 17.9 Å². The van der Waals surface area contributed by atoms with Gasteiger partial charge in [0.05, 0.1) is 17.6 Å². The van der Waals surface area contributed by atoms with Crippen LogP contribution in [0, 0.1) is 0 Å². The summed E-state index contributed by atoms with van der Waals surface area (Å²) in [4.78, 5) is 20.0. The van der Waals surface area contributed by atoms with Crippen LogP contribution in [0.15, 0.2) is 79.3 Å². The number of benzene rings is 1. The Bertz CT molecular complexity index is 1190. The van der Waals surface area contributed by atoms with Gasteiger partial charge in [-0.25, -0.2) is 14.5 Å². The second-order valence-corrected chi connectivity index (χ2v) is 6.76. The van der Waals surface area contributed by atoms with E-state index in [0.717, 1.165) is 16.3 Å². The minimum Gasteiger partial charge on any atom is -0.334 e. The van der Waals surface area contributed by atoms with Gasteiger partial charge in [-0.1, -0.05) is 30.3 Å². The van der Waals surface area contributed by atoms with Gasteiger partial charge in [0.25, 0.3) is 0 Å². The van der Waals surface area contributed by atoms with Crippen LogP contribution < -0.4 is 10.6 Å². The molecule has 3 aromatic heterocycles. The van der Waals surface area contributed by atoms with Crippen molar-refractivity contribution in [2.45, 2.75) is 12.7 Å². The lowest BCUT2D eigenvalue weighted by molar-refractivity contribution is -0.142. The van der Waals surface area contributed by atoms with Gasteiger partial charge in [0.1, 0.15) is 11.5 Å². The van der Waals surface area contributed by atoms with E-state index in [1.165, 1.54) is 30.7 Å². The van der Waals surface area contributed by atoms with Gasteiger partial charge in [0.2, 0.25) is 0 Å². The van der Waals surface area contributed by atoms with Gasteiger partial charge in [0, 0.05) is 24.5 Å². The van der Waals surface area contributed by atoms with E-state index in [-0.39, 0.29) is 17.2 Å². The third-order valence-corrected chi connectivity index (χ3v) is 4.49. The van der Waals surface area contributed by atoms with Crippen LogP contribution >= 0.6 is 0 Å². The summed E-state index contributed by atoms with van der Waals surface area (Å²) in [6, 6.07) is 15.9. The summed E-state index contributed by atoms with van der Waals surface area (Å²) >= 11 is 0. The Morgan fingerprint density at radius 3 is 2.47 bits per heavy atom. The molecule has 2 N–H and O–H groups in total. The molecular weight excluding hydrogens is 421 g/mol. The topological polar surface area (TPSA) is 84.7 Å². The van der Waals surface area contributed by atoms with Crippen molar-refractivity contribution < 1.29 is 18.0 Å². The van der Waals surface area contributed by atoms with Crippen molar-refractivity contribution in [3.8, 4) is 16.9 Å². The summed E-state index contributed by atoms with van der Waals surface area (Å²) in [6.07, 6.45) is -0.452. The first-order valence-corrected chi connectivity index (χ1v) is 9.53. The van der Waals surface area contributed by atoms with E-state index in [4.69, 9.17) is 0 Å². The molecule has 162 valence electrons. The van der Waals surface area contributed by atoms with Gasteiger partial charge < -0.3 is 5.32 Å². The fraction of sp³-hybridized carbons (Fsp3) is 0.0909. The van der Waals surface area contributed by atoms with Crippen LogP contribution in [0.4, 0.5) is 23.8 Å². The zero-order valence-corrected chi connectivity index (χ0v) is 16.5. The van der Waals surface area contributed by atoms with Gasteiger partial charge in [-0.15, -0.1) is 0 Å². The SMILES string of the molecule is O=C(NCc1ccccc1)Nc1ccc(-n2nc(-c3cccnc3)cc2C(F)(F)F)cn1. The predicted octanol–water partition coefficient (Wildman–Crippen LogP) is 4.67. The summed E-state index contributed by atoms with van der Waals surface area (Å²) in [5.41, 5.74) is 0.668. The quantitative estimate of drug-likeness (QED) is 0.474. The highest BCUT2D eigenvalue weighted by Gasteiger charge is 2.36. The Balaban J connectivity index is 1.51. The average Bonchev–Trinajstić information content (AvgIpc) is 3.26. The van der Waals surface area contributed by atoms with Crippen molar-refractivity contribution in [1.82, 2.24) is 25.1 Å². The van der Waals surface area contributed by atoms with Crippen LogP contribution in [0.5, 0.6) is 0 Å². The fourth-order valence-corrected chi connectivity index (χ4v) is 2.96. The van der Waals surface area contributed by atoms with Crippen molar-refractivity contribution in [1.29, 1.82) is 0 Å². The van der Waals surface area contributed by atoms with E-state index in [0.29, 0.717) is 12.1 Å². The summed E-state index contributed by atoms with van der Waals surface area (Å²) in [6.45, 7) is 0.324. The average molecular weight is 438 g/mol. The Morgan fingerprint density at radius 1 is 1.00 bits per heavy atom. The van der Waals surface area contributed by atoms with Gasteiger partial charge in [-0.05, 0) is 35.9 Å². The molecule has 0 saturated heterocycles. The van der Waals surface area contributed by atoms with E-state index >= 15 is 0 Å². The van der Waals surface area contributed by atoms with Crippen molar-refractivity contribution in [3.63, 3.8) is 0 Å². The van der Waals surface area contributed by atoms with Crippen molar-refractivity contribution in [2.75, 3.05) is 5.32 Å². The van der Waals surface area contributed by atoms with E-state index in [1.807, 2.05) is 30.3 Å². The van der Waals surface area contributed by atoms with Crippen molar-refractivity contribution >= 4 is 11.8 Å². The van der Waals surface area contributed by atoms with Crippen LogP contribution in [0.2, 0.25) is 0 Å². The van der Waals surface area contributed by atoms with E-state index in [2.05, 4.69) is 25.7 Å². The summed E-state index contributed by atoms with van der Waals surface area (Å²) in [7, 11) is 0. The van der Waals surface area contributed by atoms with E-state index in [1.54, 1.807) is 12.1 Å². The molecule has 1 aromatic carbocycles. The molecule has 0 aliphatic rings. The van der Waals surface area contributed by atoms with E-state index in [9.17, 15) is 18.0 Å². The number of amides is 2. The number of nitrogens with zero attached hydrogens (tertiary/aromatic N) is 4. The molecule has 0 atom stereocenters. The van der Waals surface area contributed by atoms with Crippen molar-refractivity contribution in [2.24, 2.45) is 0 Å². The van der Waals surface area contributed by atoms with Gasteiger partial charge >= 0.3 is 12.2 Å². The summed E-state index contributed by atoms with van der Waals surface area (Å²) in [5.74, 6) is 0.188. The number of hydrogen-bond donors (Lipinski definition) is 2. The number of hydrogen-bond acceptors (Lipinski definition) is 4. The first kappa shape index (κ1) is 21.0. The summed E-state index contributed by atoms with van der Waals surface area (Å²) in [5, 5.41) is 9.32. The third kappa shape index (κ3) is 4.91. The molecule has 7 nitrogen and oxygen atoms in total. The molecule has 0 fully saturated rings. The zero-order chi connectivity index (χ0) is 22.6. The first-order valence-electron chi connectivity index (χ1n) is 9.53. The Kier molecular flexibility index (Phi) is 5.84. The highest BCUT2D eigenvalue weighted by atomic mass is 19.4. The van der Waals surface area contributed by atoms with Crippen LogP contribution in [0.1, 0.15) is 11.3 Å². The molecule has 32 heavy (non-hydrogen) atoms. The van der Waals surface area contributed by atoms with Crippen LogP contribution in [-0.2, 0) is 12.7 Å². The van der Waals surface area contributed by atoms with Gasteiger partial charge in [-0.2, -0.15) is 18.3 Å². The normalized spacial score (nSPS) is 11.2. The molecule has 0 aliphatic heterocycles. The van der Waals surface area contributed by atoms with Crippen LogP contribution in [0.25, 0.3) is 16.9 Å². The molecule has 0 aliphatic carbocycles. The smallest absolute Gasteiger partial charge is 0.334 e. The number of rotatable bonds is 5. The lowest BCUT2D eigenvalue weighted by Gasteiger charge is -2.11. The maximum Gasteiger partial charge on any atom is 0.433 e. The monoisotopic (exact) mass is 438 g/mol.